The highest BCUT2D eigenvalue weighted by molar-refractivity contribution is 8.00. The van der Waals surface area contributed by atoms with Crippen molar-refractivity contribution in [3.63, 3.8) is 0 Å². The number of nitrogen functional groups attached to an aromatic ring is 1. The molecular weight excluding hydrogens is 238 g/mol. The molecule has 0 aliphatic heterocycles. The number of carbonyl (C=O) groups is 2. The second-order valence-corrected chi connectivity index (χ2v) is 4.46. The molecular formula is C11H15N3O2S. The van der Waals surface area contributed by atoms with Gasteiger partial charge in [-0.2, -0.15) is 0 Å². The number of benzene rings is 1. The van der Waals surface area contributed by atoms with Crippen LogP contribution in [0.15, 0.2) is 23.1 Å². The molecule has 5 nitrogen and oxygen atoms in total. The molecule has 1 aromatic carbocycles. The van der Waals surface area contributed by atoms with Crippen LogP contribution in [0.3, 0.4) is 0 Å². The number of hydrogen-bond donors (Lipinski definition) is 3. The van der Waals surface area contributed by atoms with Crippen molar-refractivity contribution in [2.75, 3.05) is 18.5 Å². The van der Waals surface area contributed by atoms with Crippen LogP contribution in [0.1, 0.15) is 5.56 Å². The van der Waals surface area contributed by atoms with E-state index < -0.39 is 6.03 Å². The van der Waals surface area contributed by atoms with Gasteiger partial charge in [-0.1, -0.05) is 0 Å². The summed E-state index contributed by atoms with van der Waals surface area (Å²) in [5.41, 5.74) is 7.34. The van der Waals surface area contributed by atoms with Crippen molar-refractivity contribution in [2.24, 2.45) is 0 Å². The van der Waals surface area contributed by atoms with Crippen LogP contribution in [0.4, 0.5) is 10.5 Å². The second-order valence-electron chi connectivity index (χ2n) is 3.44. The van der Waals surface area contributed by atoms with Gasteiger partial charge < -0.3 is 11.1 Å². The number of imide groups is 1. The number of anilines is 1. The van der Waals surface area contributed by atoms with Gasteiger partial charge in [0.2, 0.25) is 5.91 Å². The smallest absolute Gasteiger partial charge is 0.321 e. The summed E-state index contributed by atoms with van der Waals surface area (Å²) in [6, 6.07) is 5.00. The zero-order valence-corrected chi connectivity index (χ0v) is 10.6. The van der Waals surface area contributed by atoms with Crippen molar-refractivity contribution in [1.29, 1.82) is 0 Å². The Morgan fingerprint density at radius 2 is 2.12 bits per heavy atom. The number of urea groups is 1. The predicted octanol–water partition coefficient (Wildman–Crippen LogP) is 1.12. The molecule has 0 fully saturated rings. The van der Waals surface area contributed by atoms with Crippen LogP contribution in [-0.4, -0.2) is 24.7 Å². The van der Waals surface area contributed by atoms with Gasteiger partial charge in [-0.05, 0) is 30.7 Å². The number of aryl methyl sites for hydroxylation is 1. The molecule has 6 heteroatoms. The van der Waals surface area contributed by atoms with E-state index in [9.17, 15) is 9.59 Å². The summed E-state index contributed by atoms with van der Waals surface area (Å²) in [5.74, 6) is -0.136. The minimum atomic E-state index is -0.496. The lowest BCUT2D eigenvalue weighted by molar-refractivity contribution is -0.117. The molecule has 0 saturated carbocycles. The minimum absolute atomic E-state index is 0.193. The molecule has 3 amide bonds. The third kappa shape index (κ3) is 4.36. The van der Waals surface area contributed by atoms with Crippen LogP contribution < -0.4 is 16.4 Å². The molecule has 1 rings (SSSR count). The summed E-state index contributed by atoms with van der Waals surface area (Å²) >= 11 is 1.37. The molecule has 0 bridgehead atoms. The van der Waals surface area contributed by atoms with E-state index in [4.69, 9.17) is 5.73 Å². The number of hydrogen-bond acceptors (Lipinski definition) is 4. The Hall–Kier alpha value is -1.69. The van der Waals surface area contributed by atoms with Crippen molar-refractivity contribution < 1.29 is 9.59 Å². The van der Waals surface area contributed by atoms with Gasteiger partial charge in [-0.3, -0.25) is 10.1 Å². The van der Waals surface area contributed by atoms with E-state index in [1.807, 2.05) is 19.1 Å². The molecule has 0 radical (unpaired) electrons. The summed E-state index contributed by atoms with van der Waals surface area (Å²) in [5, 5.41) is 4.51. The van der Waals surface area contributed by atoms with Crippen LogP contribution in [0.5, 0.6) is 0 Å². The van der Waals surface area contributed by atoms with Gasteiger partial charge in [0.15, 0.2) is 0 Å². The summed E-state index contributed by atoms with van der Waals surface area (Å²) in [6.07, 6.45) is 0. The first-order chi connectivity index (χ1) is 8.02. The van der Waals surface area contributed by atoms with E-state index in [1.165, 1.54) is 18.8 Å². The molecule has 1 aromatic rings. The number of nitrogens with one attached hydrogen (secondary N) is 2. The summed E-state index contributed by atoms with van der Waals surface area (Å²) in [4.78, 5) is 23.2. The maximum atomic E-state index is 11.3. The number of amides is 3. The zero-order chi connectivity index (χ0) is 12.8. The molecule has 0 heterocycles. The second kappa shape index (κ2) is 6.15. The molecule has 0 atom stereocenters. The molecule has 92 valence electrons. The topological polar surface area (TPSA) is 84.2 Å². The standard InChI is InChI=1S/C11H15N3O2S/c1-7-5-8(12)3-4-9(7)17-6-10(15)14-11(16)13-2/h3-5H,6,12H2,1-2H3,(H2,13,14,15,16). The number of thioether (sulfide) groups is 1. The Balaban J connectivity index is 2.50. The van der Waals surface area contributed by atoms with Crippen LogP contribution in [0, 0.1) is 6.92 Å². The maximum Gasteiger partial charge on any atom is 0.321 e. The van der Waals surface area contributed by atoms with Gasteiger partial charge in [-0.15, -0.1) is 11.8 Å². The van der Waals surface area contributed by atoms with Crippen molar-refractivity contribution >= 4 is 29.4 Å². The third-order valence-electron chi connectivity index (χ3n) is 2.04. The van der Waals surface area contributed by atoms with Gasteiger partial charge >= 0.3 is 6.03 Å². The molecule has 4 N–H and O–H groups in total. The van der Waals surface area contributed by atoms with E-state index in [2.05, 4.69) is 10.6 Å². The monoisotopic (exact) mass is 253 g/mol. The van der Waals surface area contributed by atoms with Gasteiger partial charge in [0.25, 0.3) is 0 Å². The zero-order valence-electron chi connectivity index (χ0n) is 9.74. The maximum absolute atomic E-state index is 11.3. The van der Waals surface area contributed by atoms with Gasteiger partial charge in [0.05, 0.1) is 5.75 Å². The molecule has 0 aliphatic carbocycles. The Kier molecular flexibility index (Phi) is 4.84. The van der Waals surface area contributed by atoms with Crippen LogP contribution >= 0.6 is 11.8 Å². The van der Waals surface area contributed by atoms with Crippen LogP contribution in [-0.2, 0) is 4.79 Å². The predicted molar refractivity (Wildman–Crippen MR) is 68.9 cm³/mol. The van der Waals surface area contributed by atoms with E-state index in [-0.39, 0.29) is 11.7 Å². The van der Waals surface area contributed by atoms with Crippen molar-refractivity contribution in [1.82, 2.24) is 10.6 Å². The number of nitrogens with two attached hydrogens (primary N) is 1. The fourth-order valence-electron chi connectivity index (χ4n) is 1.20. The quantitative estimate of drug-likeness (QED) is 0.557. The van der Waals surface area contributed by atoms with E-state index in [1.54, 1.807) is 6.07 Å². The third-order valence-corrected chi connectivity index (χ3v) is 3.21. The lowest BCUT2D eigenvalue weighted by atomic mass is 10.2. The molecule has 17 heavy (non-hydrogen) atoms. The average molecular weight is 253 g/mol. The first-order valence-electron chi connectivity index (χ1n) is 5.03. The largest absolute Gasteiger partial charge is 0.399 e. The van der Waals surface area contributed by atoms with Crippen molar-refractivity contribution in [3.05, 3.63) is 23.8 Å². The Morgan fingerprint density at radius 1 is 1.41 bits per heavy atom. The average Bonchev–Trinajstić information content (AvgIpc) is 2.27. The van der Waals surface area contributed by atoms with Crippen LogP contribution in [0.2, 0.25) is 0 Å². The number of rotatable bonds is 3. The van der Waals surface area contributed by atoms with Crippen LogP contribution in [0.25, 0.3) is 0 Å². The molecule has 0 aliphatic rings. The molecule has 0 aromatic heterocycles. The fourth-order valence-corrected chi connectivity index (χ4v) is 2.01. The lowest BCUT2D eigenvalue weighted by Gasteiger charge is -2.06. The van der Waals surface area contributed by atoms with E-state index >= 15 is 0 Å². The van der Waals surface area contributed by atoms with Crippen molar-refractivity contribution in [2.45, 2.75) is 11.8 Å². The molecule has 0 unspecified atom stereocenters. The first kappa shape index (κ1) is 13.4. The normalized spacial score (nSPS) is 9.76. The number of carbonyl (C=O) groups excluding carboxylic acids is 2. The minimum Gasteiger partial charge on any atom is -0.399 e. The van der Waals surface area contributed by atoms with Gasteiger partial charge in [0.1, 0.15) is 0 Å². The SMILES string of the molecule is CNC(=O)NC(=O)CSc1ccc(N)cc1C. The highest BCUT2D eigenvalue weighted by Gasteiger charge is 2.07. The molecule has 0 saturated heterocycles. The van der Waals surface area contributed by atoms with Gasteiger partial charge in [0, 0.05) is 17.6 Å². The Labute approximate surface area is 104 Å². The van der Waals surface area contributed by atoms with Gasteiger partial charge in [-0.25, -0.2) is 4.79 Å². The summed E-state index contributed by atoms with van der Waals surface area (Å²) < 4.78 is 0. The highest BCUT2D eigenvalue weighted by atomic mass is 32.2. The van der Waals surface area contributed by atoms with Crippen molar-refractivity contribution in [3.8, 4) is 0 Å². The lowest BCUT2D eigenvalue weighted by Crippen LogP contribution is -2.38. The summed E-state index contributed by atoms with van der Waals surface area (Å²) in [7, 11) is 1.46. The first-order valence-corrected chi connectivity index (χ1v) is 6.02. The van der Waals surface area contributed by atoms with E-state index in [0.29, 0.717) is 5.69 Å². The highest BCUT2D eigenvalue weighted by Crippen LogP contribution is 2.23. The fraction of sp³-hybridized carbons (Fsp3) is 0.273. The Bertz CT molecular complexity index is 435. The summed E-state index contributed by atoms with van der Waals surface area (Å²) in [6.45, 7) is 1.93. The molecule has 0 spiro atoms. The Morgan fingerprint density at radius 3 is 2.71 bits per heavy atom. The van der Waals surface area contributed by atoms with E-state index in [0.717, 1.165) is 10.5 Å².